The first-order valence-electron chi connectivity index (χ1n) is 6.07. The summed E-state index contributed by atoms with van der Waals surface area (Å²) < 4.78 is 21.3. The molecule has 1 aliphatic rings. The number of aromatic nitrogens is 4. The van der Waals surface area contributed by atoms with E-state index in [4.69, 9.17) is 10.5 Å². The number of nitrogen functional groups attached to an aromatic ring is 1. The summed E-state index contributed by atoms with van der Waals surface area (Å²) in [6.07, 6.45) is -1.86. The number of hydrogen-bond donors (Lipinski definition) is 3. The Hall–Kier alpha value is -2.00. The maximum atomic E-state index is 14.6. The van der Waals surface area contributed by atoms with E-state index < -0.39 is 29.7 Å². The van der Waals surface area contributed by atoms with E-state index in [2.05, 4.69) is 15.0 Å². The molecule has 4 atom stereocenters. The van der Waals surface area contributed by atoms with Gasteiger partial charge in [-0.05, 0) is 13.8 Å². The van der Waals surface area contributed by atoms with E-state index in [0.29, 0.717) is 0 Å². The minimum absolute atomic E-state index is 0.0349. The largest absolute Gasteiger partial charge is 0.387 e. The van der Waals surface area contributed by atoms with Gasteiger partial charge in [0.15, 0.2) is 23.1 Å². The van der Waals surface area contributed by atoms with Crippen LogP contribution in [0.1, 0.15) is 20.1 Å². The highest BCUT2D eigenvalue weighted by atomic mass is 19.1. The monoisotopic (exact) mass is 283 g/mol. The molecule has 0 aliphatic carbocycles. The topological polar surface area (TPSA) is 119 Å². The first-order chi connectivity index (χ1) is 9.32. The second kappa shape index (κ2) is 4.00. The number of H-pyrrole nitrogens is 1. The molecule has 20 heavy (non-hydrogen) atoms. The zero-order valence-electron chi connectivity index (χ0n) is 10.9. The Morgan fingerprint density at radius 1 is 1.65 bits per heavy atom. The number of nitrogens with one attached hydrogen (secondary N) is 1. The molecule has 4 unspecified atom stereocenters. The number of aliphatic hydroxyl groups is 1. The molecule has 8 nitrogen and oxygen atoms in total. The number of aromatic amines is 1. The number of rotatable bonds is 1. The third-order valence-electron chi connectivity index (χ3n) is 3.55. The molecule has 1 saturated heterocycles. The Morgan fingerprint density at radius 3 is 2.95 bits per heavy atom. The Bertz CT molecular complexity index is 724. The van der Waals surface area contributed by atoms with Gasteiger partial charge in [0.1, 0.15) is 6.10 Å². The quantitative estimate of drug-likeness (QED) is 0.661. The molecule has 3 heterocycles. The van der Waals surface area contributed by atoms with Crippen molar-refractivity contribution in [2.24, 2.45) is 0 Å². The lowest BCUT2D eigenvalue weighted by atomic mass is 9.99. The third-order valence-corrected chi connectivity index (χ3v) is 3.55. The van der Waals surface area contributed by atoms with Crippen LogP contribution in [0.4, 0.5) is 10.3 Å². The standard InChI is InChI=1S/C11H14FN5O3/c1-4-6(18)11(2,12)9(20-4)17-3-14-5-7(17)15-10(13)16-8(5)19/h3-4,6,9,18H,1-2H3,(H3,13,15,16,19). The lowest BCUT2D eigenvalue weighted by molar-refractivity contribution is -0.0423. The third kappa shape index (κ3) is 1.63. The van der Waals surface area contributed by atoms with Gasteiger partial charge in [0.25, 0.3) is 5.56 Å². The van der Waals surface area contributed by atoms with Crippen LogP contribution >= 0.6 is 0 Å². The number of aliphatic hydroxyl groups excluding tert-OH is 1. The number of alkyl halides is 1. The smallest absolute Gasteiger partial charge is 0.280 e. The van der Waals surface area contributed by atoms with E-state index in [1.54, 1.807) is 6.92 Å². The zero-order chi connectivity index (χ0) is 14.7. The van der Waals surface area contributed by atoms with E-state index in [1.807, 2.05) is 0 Å². The van der Waals surface area contributed by atoms with Crippen LogP contribution in [0.2, 0.25) is 0 Å². The molecule has 108 valence electrons. The minimum atomic E-state index is -2.04. The van der Waals surface area contributed by atoms with E-state index in [1.165, 1.54) is 17.8 Å². The van der Waals surface area contributed by atoms with E-state index in [9.17, 15) is 14.3 Å². The summed E-state index contributed by atoms with van der Waals surface area (Å²) in [6, 6.07) is 0. The van der Waals surface area contributed by atoms with Crippen molar-refractivity contribution in [1.82, 2.24) is 19.5 Å². The molecule has 0 radical (unpaired) electrons. The van der Waals surface area contributed by atoms with Crippen LogP contribution in [0.25, 0.3) is 11.2 Å². The van der Waals surface area contributed by atoms with Crippen molar-refractivity contribution in [2.45, 2.75) is 38.0 Å². The fourth-order valence-corrected chi connectivity index (χ4v) is 2.47. The molecule has 2 aromatic heterocycles. The van der Waals surface area contributed by atoms with Crippen molar-refractivity contribution in [2.75, 3.05) is 5.73 Å². The SMILES string of the molecule is CC1OC(n2cnc3c(=O)[nH]c(N)nc32)C(C)(F)C1O. The van der Waals surface area contributed by atoms with Crippen molar-refractivity contribution < 1.29 is 14.2 Å². The van der Waals surface area contributed by atoms with E-state index in [-0.39, 0.29) is 17.1 Å². The van der Waals surface area contributed by atoms with Crippen LogP contribution in [-0.2, 0) is 4.74 Å². The van der Waals surface area contributed by atoms with Gasteiger partial charge >= 0.3 is 0 Å². The van der Waals surface area contributed by atoms with Gasteiger partial charge in [-0.15, -0.1) is 0 Å². The van der Waals surface area contributed by atoms with Gasteiger partial charge < -0.3 is 15.6 Å². The average molecular weight is 283 g/mol. The highest BCUT2D eigenvalue weighted by molar-refractivity contribution is 5.70. The molecular weight excluding hydrogens is 269 g/mol. The summed E-state index contributed by atoms with van der Waals surface area (Å²) in [7, 11) is 0. The van der Waals surface area contributed by atoms with Crippen molar-refractivity contribution in [3.8, 4) is 0 Å². The first-order valence-corrected chi connectivity index (χ1v) is 6.07. The van der Waals surface area contributed by atoms with Crippen LogP contribution in [0.15, 0.2) is 11.1 Å². The Kier molecular flexibility index (Phi) is 2.60. The van der Waals surface area contributed by atoms with Crippen molar-refractivity contribution >= 4 is 17.1 Å². The van der Waals surface area contributed by atoms with Gasteiger partial charge in [0.05, 0.1) is 12.4 Å². The van der Waals surface area contributed by atoms with Crippen molar-refractivity contribution in [3.63, 3.8) is 0 Å². The highest BCUT2D eigenvalue weighted by Gasteiger charge is 2.53. The summed E-state index contributed by atoms with van der Waals surface area (Å²) in [4.78, 5) is 21.8. The van der Waals surface area contributed by atoms with Gasteiger partial charge in [-0.2, -0.15) is 4.98 Å². The first kappa shape index (κ1) is 13.0. The summed E-state index contributed by atoms with van der Waals surface area (Å²) >= 11 is 0. The Morgan fingerprint density at radius 2 is 2.35 bits per heavy atom. The van der Waals surface area contributed by atoms with Crippen LogP contribution in [0.5, 0.6) is 0 Å². The fraction of sp³-hybridized carbons (Fsp3) is 0.545. The minimum Gasteiger partial charge on any atom is -0.387 e. The van der Waals surface area contributed by atoms with Gasteiger partial charge in [0, 0.05) is 0 Å². The van der Waals surface area contributed by atoms with Crippen LogP contribution in [-0.4, -0.2) is 42.5 Å². The summed E-state index contributed by atoms with van der Waals surface area (Å²) in [5.74, 6) is -0.101. The lowest BCUT2D eigenvalue weighted by Crippen LogP contribution is -2.39. The molecule has 0 amide bonds. The molecule has 3 rings (SSSR count). The van der Waals surface area contributed by atoms with E-state index >= 15 is 0 Å². The second-order valence-corrected chi connectivity index (χ2v) is 5.06. The molecule has 0 bridgehead atoms. The molecule has 0 aromatic carbocycles. The summed E-state index contributed by atoms with van der Waals surface area (Å²) in [5, 5.41) is 9.83. The summed E-state index contributed by atoms with van der Waals surface area (Å²) in [6.45, 7) is 2.80. The predicted molar refractivity (Wildman–Crippen MR) is 67.7 cm³/mol. The molecule has 0 saturated carbocycles. The number of hydrogen-bond acceptors (Lipinski definition) is 6. The second-order valence-electron chi connectivity index (χ2n) is 5.06. The van der Waals surface area contributed by atoms with Gasteiger partial charge in [-0.1, -0.05) is 0 Å². The van der Waals surface area contributed by atoms with Crippen LogP contribution in [0, 0.1) is 0 Å². The predicted octanol–water partition coefficient (Wildman–Crippen LogP) is -0.292. The van der Waals surface area contributed by atoms with Crippen LogP contribution in [0.3, 0.4) is 0 Å². The van der Waals surface area contributed by atoms with Gasteiger partial charge in [-0.3, -0.25) is 14.3 Å². The van der Waals surface area contributed by atoms with Crippen LogP contribution < -0.4 is 11.3 Å². The lowest BCUT2D eigenvalue weighted by Gasteiger charge is -2.24. The van der Waals surface area contributed by atoms with Gasteiger partial charge in [-0.25, -0.2) is 9.37 Å². The van der Waals surface area contributed by atoms with Gasteiger partial charge in [0.2, 0.25) is 5.95 Å². The Labute approximate surface area is 112 Å². The highest BCUT2D eigenvalue weighted by Crippen LogP contribution is 2.41. The van der Waals surface area contributed by atoms with Crippen molar-refractivity contribution in [3.05, 3.63) is 16.7 Å². The average Bonchev–Trinajstić information content (AvgIpc) is 2.85. The number of halogens is 1. The normalized spacial score (nSPS) is 33.9. The maximum Gasteiger partial charge on any atom is 0.280 e. The van der Waals surface area contributed by atoms with E-state index in [0.717, 1.165) is 0 Å². The molecule has 2 aromatic rings. The zero-order valence-corrected chi connectivity index (χ0v) is 10.9. The number of anilines is 1. The fourth-order valence-electron chi connectivity index (χ4n) is 2.47. The number of imidazole rings is 1. The number of fused-ring (bicyclic) bond motifs is 1. The number of ether oxygens (including phenoxy) is 1. The molecule has 1 aliphatic heterocycles. The number of nitrogens with zero attached hydrogens (tertiary/aromatic N) is 3. The molecule has 0 spiro atoms. The molecule has 4 N–H and O–H groups in total. The molecule has 9 heteroatoms. The van der Waals surface area contributed by atoms with Crippen molar-refractivity contribution in [1.29, 1.82) is 0 Å². The molecular formula is C11H14FN5O3. The maximum absolute atomic E-state index is 14.6. The number of nitrogens with two attached hydrogens (primary N) is 1. The Balaban J connectivity index is 2.19. The molecule has 1 fully saturated rings. The summed E-state index contributed by atoms with van der Waals surface area (Å²) in [5.41, 5.74) is 3.08.